The van der Waals surface area contributed by atoms with Gasteiger partial charge in [-0.25, -0.2) is 9.18 Å². The summed E-state index contributed by atoms with van der Waals surface area (Å²) < 4.78 is 18.0. The van der Waals surface area contributed by atoms with E-state index in [-0.39, 0.29) is 17.3 Å². The molecule has 1 aromatic heterocycles. The van der Waals surface area contributed by atoms with Gasteiger partial charge in [0.1, 0.15) is 23.1 Å². The molecule has 1 heterocycles. The van der Waals surface area contributed by atoms with Gasteiger partial charge < -0.3 is 9.84 Å². The number of carbonyl (C=O) groups is 1. The van der Waals surface area contributed by atoms with Gasteiger partial charge >= 0.3 is 5.97 Å². The molecule has 0 unspecified atom stereocenters. The van der Waals surface area contributed by atoms with Crippen LogP contribution in [0.25, 0.3) is 0 Å². The van der Waals surface area contributed by atoms with Crippen molar-refractivity contribution in [3.8, 4) is 5.75 Å². The number of benzene rings is 1. The maximum absolute atomic E-state index is 12.6. The van der Waals surface area contributed by atoms with E-state index in [2.05, 4.69) is 0 Å². The summed E-state index contributed by atoms with van der Waals surface area (Å²) >= 11 is 1.16. The molecule has 0 bridgehead atoms. The molecule has 0 aliphatic heterocycles. The first kappa shape index (κ1) is 11.6. The number of carboxylic acids is 1. The number of rotatable bonds is 4. The molecule has 0 atom stereocenters. The largest absolute Gasteiger partial charge is 0.489 e. The van der Waals surface area contributed by atoms with Gasteiger partial charge in [-0.1, -0.05) is 0 Å². The van der Waals surface area contributed by atoms with Gasteiger partial charge in [0.25, 0.3) is 0 Å². The smallest absolute Gasteiger partial charge is 0.346 e. The highest BCUT2D eigenvalue weighted by atomic mass is 32.1. The molecular weight excluding hydrogens is 243 g/mol. The monoisotopic (exact) mass is 252 g/mol. The lowest BCUT2D eigenvalue weighted by atomic mass is 10.2. The summed E-state index contributed by atoms with van der Waals surface area (Å²) in [5.74, 6) is -0.786. The van der Waals surface area contributed by atoms with E-state index in [1.807, 2.05) is 0 Å². The van der Waals surface area contributed by atoms with Crippen LogP contribution >= 0.6 is 11.3 Å². The number of hydrogen-bond donors (Lipinski definition) is 1. The van der Waals surface area contributed by atoms with E-state index in [0.717, 1.165) is 11.3 Å². The van der Waals surface area contributed by atoms with Crippen LogP contribution in [0.15, 0.2) is 35.7 Å². The van der Waals surface area contributed by atoms with Gasteiger partial charge in [-0.2, -0.15) is 0 Å². The van der Waals surface area contributed by atoms with Crippen LogP contribution in [0.5, 0.6) is 5.75 Å². The van der Waals surface area contributed by atoms with E-state index in [1.165, 1.54) is 24.3 Å². The number of thiophene rings is 1. The molecule has 0 fully saturated rings. The molecule has 0 saturated carbocycles. The van der Waals surface area contributed by atoms with Gasteiger partial charge in [0.15, 0.2) is 0 Å². The number of aromatic carboxylic acids is 1. The molecule has 1 aromatic carbocycles. The predicted molar refractivity (Wildman–Crippen MR) is 62.0 cm³/mol. The van der Waals surface area contributed by atoms with Crippen LogP contribution in [0.1, 0.15) is 15.2 Å². The summed E-state index contributed by atoms with van der Waals surface area (Å²) in [5.41, 5.74) is 0.617. The van der Waals surface area contributed by atoms with Crippen molar-refractivity contribution in [2.75, 3.05) is 0 Å². The fraction of sp³-hybridized carbons (Fsp3) is 0.0833. The quantitative estimate of drug-likeness (QED) is 0.909. The SMILES string of the molecule is O=C(O)c1sccc1COc1ccc(F)cc1. The third kappa shape index (κ3) is 2.82. The minimum absolute atomic E-state index is 0.163. The van der Waals surface area contributed by atoms with Crippen LogP contribution in [0.3, 0.4) is 0 Å². The number of hydrogen-bond acceptors (Lipinski definition) is 3. The minimum atomic E-state index is -0.960. The van der Waals surface area contributed by atoms with Crippen LogP contribution in [0, 0.1) is 5.82 Å². The average Bonchev–Trinajstić information content (AvgIpc) is 2.76. The number of ether oxygens (including phenoxy) is 1. The third-order valence-electron chi connectivity index (χ3n) is 2.15. The molecule has 0 aliphatic rings. The van der Waals surface area contributed by atoms with Crippen LogP contribution in [-0.2, 0) is 6.61 Å². The summed E-state index contributed by atoms with van der Waals surface area (Å²) in [6.07, 6.45) is 0. The van der Waals surface area contributed by atoms with E-state index in [0.29, 0.717) is 11.3 Å². The Morgan fingerprint density at radius 2 is 2.00 bits per heavy atom. The lowest BCUT2D eigenvalue weighted by Crippen LogP contribution is -2.01. The highest BCUT2D eigenvalue weighted by molar-refractivity contribution is 7.12. The van der Waals surface area contributed by atoms with Crippen molar-refractivity contribution in [2.45, 2.75) is 6.61 Å². The normalized spacial score (nSPS) is 10.2. The van der Waals surface area contributed by atoms with E-state index >= 15 is 0 Å². The zero-order valence-electron chi connectivity index (χ0n) is 8.72. The maximum Gasteiger partial charge on any atom is 0.346 e. The second-order valence-corrected chi connectivity index (χ2v) is 4.24. The lowest BCUT2D eigenvalue weighted by molar-refractivity contribution is 0.0699. The predicted octanol–water partition coefficient (Wildman–Crippen LogP) is 3.16. The highest BCUT2D eigenvalue weighted by Gasteiger charge is 2.11. The second kappa shape index (κ2) is 4.97. The van der Waals surface area contributed by atoms with Crippen molar-refractivity contribution < 1.29 is 19.0 Å². The Morgan fingerprint density at radius 1 is 1.29 bits per heavy atom. The van der Waals surface area contributed by atoms with Gasteiger partial charge in [0.2, 0.25) is 0 Å². The van der Waals surface area contributed by atoms with Gasteiger partial charge in [-0.15, -0.1) is 11.3 Å². The van der Waals surface area contributed by atoms with Crippen LogP contribution in [-0.4, -0.2) is 11.1 Å². The van der Waals surface area contributed by atoms with Crippen molar-refractivity contribution in [2.24, 2.45) is 0 Å². The molecule has 1 N–H and O–H groups in total. The Labute approximate surface area is 101 Å². The molecular formula is C12H9FO3S. The minimum Gasteiger partial charge on any atom is -0.489 e. The van der Waals surface area contributed by atoms with E-state index in [1.54, 1.807) is 11.4 Å². The average molecular weight is 252 g/mol. The summed E-state index contributed by atoms with van der Waals surface area (Å²) in [5, 5.41) is 10.6. The molecule has 0 aliphatic carbocycles. The van der Waals surface area contributed by atoms with Crippen molar-refractivity contribution in [3.05, 3.63) is 52.0 Å². The first-order valence-electron chi connectivity index (χ1n) is 4.85. The third-order valence-corrected chi connectivity index (χ3v) is 3.09. The molecule has 0 spiro atoms. The second-order valence-electron chi connectivity index (χ2n) is 3.32. The first-order chi connectivity index (χ1) is 8.16. The summed E-state index contributed by atoms with van der Waals surface area (Å²) in [4.78, 5) is 11.1. The van der Waals surface area contributed by atoms with Gasteiger partial charge in [-0.3, -0.25) is 0 Å². The maximum atomic E-state index is 12.6. The molecule has 0 saturated heterocycles. The summed E-state index contributed by atoms with van der Waals surface area (Å²) in [6.45, 7) is 0.163. The lowest BCUT2D eigenvalue weighted by Gasteiger charge is -2.05. The fourth-order valence-corrected chi connectivity index (χ4v) is 2.08. The molecule has 2 rings (SSSR count). The first-order valence-corrected chi connectivity index (χ1v) is 5.73. The molecule has 17 heavy (non-hydrogen) atoms. The van der Waals surface area contributed by atoms with Crippen molar-refractivity contribution in [1.29, 1.82) is 0 Å². The molecule has 3 nitrogen and oxygen atoms in total. The fourth-order valence-electron chi connectivity index (χ4n) is 1.33. The Kier molecular flexibility index (Phi) is 3.39. The standard InChI is InChI=1S/C12H9FO3S/c13-9-1-3-10(4-2-9)16-7-8-5-6-17-11(8)12(14)15/h1-6H,7H2,(H,14,15). The molecule has 5 heteroatoms. The number of halogens is 1. The van der Waals surface area contributed by atoms with Gasteiger partial charge in [0, 0.05) is 5.56 Å². The zero-order valence-corrected chi connectivity index (χ0v) is 9.54. The van der Waals surface area contributed by atoms with E-state index < -0.39 is 5.97 Å². The van der Waals surface area contributed by atoms with E-state index in [9.17, 15) is 9.18 Å². The zero-order chi connectivity index (χ0) is 12.3. The van der Waals surface area contributed by atoms with Crippen molar-refractivity contribution >= 4 is 17.3 Å². The van der Waals surface area contributed by atoms with Gasteiger partial charge in [0.05, 0.1) is 0 Å². The molecule has 2 aromatic rings. The molecule has 0 amide bonds. The van der Waals surface area contributed by atoms with Crippen molar-refractivity contribution in [1.82, 2.24) is 0 Å². The van der Waals surface area contributed by atoms with Crippen LogP contribution in [0.2, 0.25) is 0 Å². The summed E-state index contributed by atoms with van der Waals surface area (Å²) in [7, 11) is 0. The Balaban J connectivity index is 2.05. The molecule has 88 valence electrons. The van der Waals surface area contributed by atoms with Crippen molar-refractivity contribution in [3.63, 3.8) is 0 Å². The highest BCUT2D eigenvalue weighted by Crippen LogP contribution is 2.19. The molecule has 0 radical (unpaired) electrons. The van der Waals surface area contributed by atoms with E-state index in [4.69, 9.17) is 9.84 Å². The summed E-state index contributed by atoms with van der Waals surface area (Å²) in [6, 6.07) is 7.30. The Hall–Kier alpha value is -1.88. The Bertz CT molecular complexity index is 519. The van der Waals surface area contributed by atoms with Crippen LogP contribution in [0.4, 0.5) is 4.39 Å². The number of carboxylic acid groups (broad SMARTS) is 1. The Morgan fingerprint density at radius 3 is 2.65 bits per heavy atom. The van der Waals surface area contributed by atoms with Crippen LogP contribution < -0.4 is 4.74 Å². The van der Waals surface area contributed by atoms with Gasteiger partial charge in [-0.05, 0) is 35.7 Å². The topological polar surface area (TPSA) is 46.5 Å².